The van der Waals surface area contributed by atoms with Crippen molar-refractivity contribution >= 4 is 5.96 Å². The molecule has 0 atom stereocenters. The maximum atomic E-state index is 13.7. The summed E-state index contributed by atoms with van der Waals surface area (Å²) in [4.78, 5) is 4.34. The van der Waals surface area contributed by atoms with E-state index in [1.807, 2.05) is 13.0 Å². The molecule has 1 aromatic carbocycles. The average Bonchev–Trinajstić information content (AvgIpc) is 2.45. The molecule has 0 aromatic heterocycles. The molecule has 0 saturated carbocycles. The third kappa shape index (κ3) is 5.27. The zero-order valence-corrected chi connectivity index (χ0v) is 12.0. The molecule has 108 valence electrons. The Bertz CT molecular complexity index is 491. The number of halogens is 1. The SMILES string of the molecule is CCCCNC(=NCc1ccc(C#N)cc1F)NCC. The lowest BCUT2D eigenvalue weighted by molar-refractivity contribution is 0.609. The second kappa shape index (κ2) is 8.92. The molecule has 0 heterocycles. The molecule has 0 aliphatic heterocycles. The van der Waals surface area contributed by atoms with Gasteiger partial charge in [-0.1, -0.05) is 19.4 Å². The number of aliphatic imine (C=N–C) groups is 1. The Kier molecular flexibility index (Phi) is 7.12. The van der Waals surface area contributed by atoms with Crippen LogP contribution in [0.2, 0.25) is 0 Å². The lowest BCUT2D eigenvalue weighted by atomic mass is 10.1. The molecule has 1 aromatic rings. The first kappa shape index (κ1) is 16.0. The quantitative estimate of drug-likeness (QED) is 0.477. The van der Waals surface area contributed by atoms with Crippen LogP contribution in [-0.2, 0) is 6.54 Å². The van der Waals surface area contributed by atoms with Crippen LogP contribution in [0.1, 0.15) is 37.8 Å². The highest BCUT2D eigenvalue weighted by Gasteiger charge is 2.03. The van der Waals surface area contributed by atoms with Gasteiger partial charge in [0.25, 0.3) is 0 Å². The van der Waals surface area contributed by atoms with Crippen LogP contribution in [0, 0.1) is 17.1 Å². The molecule has 0 bridgehead atoms. The molecule has 0 radical (unpaired) electrons. The second-order valence-electron chi connectivity index (χ2n) is 4.39. The zero-order chi connectivity index (χ0) is 14.8. The van der Waals surface area contributed by atoms with Crippen LogP contribution in [-0.4, -0.2) is 19.0 Å². The maximum Gasteiger partial charge on any atom is 0.191 e. The number of benzene rings is 1. The van der Waals surface area contributed by atoms with Gasteiger partial charge in [-0.15, -0.1) is 0 Å². The molecule has 4 nitrogen and oxygen atoms in total. The third-order valence-electron chi connectivity index (χ3n) is 2.76. The van der Waals surface area contributed by atoms with Gasteiger partial charge in [-0.25, -0.2) is 9.38 Å². The molecule has 0 fully saturated rings. The van der Waals surface area contributed by atoms with E-state index in [4.69, 9.17) is 5.26 Å². The number of guanidine groups is 1. The van der Waals surface area contributed by atoms with Crippen LogP contribution >= 0.6 is 0 Å². The normalized spacial score (nSPS) is 11.0. The number of hydrogen-bond donors (Lipinski definition) is 2. The van der Waals surface area contributed by atoms with Crippen molar-refractivity contribution < 1.29 is 4.39 Å². The molecule has 0 aliphatic rings. The van der Waals surface area contributed by atoms with Gasteiger partial charge in [0.2, 0.25) is 0 Å². The first-order chi connectivity index (χ1) is 9.71. The van der Waals surface area contributed by atoms with Crippen LogP contribution in [0.5, 0.6) is 0 Å². The highest BCUT2D eigenvalue weighted by Crippen LogP contribution is 2.10. The van der Waals surface area contributed by atoms with Crippen molar-refractivity contribution in [1.29, 1.82) is 5.26 Å². The molecule has 1 rings (SSSR count). The smallest absolute Gasteiger partial charge is 0.191 e. The molecule has 5 heteroatoms. The number of rotatable bonds is 6. The Morgan fingerprint density at radius 2 is 2.15 bits per heavy atom. The standard InChI is InChI=1S/C15H21FN4/c1-3-5-8-19-15(18-4-2)20-11-13-7-6-12(10-17)9-14(13)16/h6-7,9H,3-5,8,11H2,1-2H3,(H2,18,19,20). The Balaban J connectivity index is 2.68. The molecule has 2 N–H and O–H groups in total. The van der Waals surface area contributed by atoms with Crippen molar-refractivity contribution in [3.05, 3.63) is 35.1 Å². The van der Waals surface area contributed by atoms with E-state index in [1.54, 1.807) is 12.1 Å². The topological polar surface area (TPSA) is 60.2 Å². The van der Waals surface area contributed by atoms with E-state index in [0.717, 1.165) is 25.9 Å². The van der Waals surface area contributed by atoms with E-state index in [2.05, 4.69) is 22.5 Å². The first-order valence-corrected chi connectivity index (χ1v) is 6.92. The average molecular weight is 276 g/mol. The van der Waals surface area contributed by atoms with Gasteiger partial charge in [-0.05, 0) is 25.5 Å². The van der Waals surface area contributed by atoms with Crippen molar-refractivity contribution in [1.82, 2.24) is 10.6 Å². The molecule has 0 aliphatic carbocycles. The van der Waals surface area contributed by atoms with Crippen LogP contribution in [0.3, 0.4) is 0 Å². The molecule has 0 amide bonds. The summed E-state index contributed by atoms with van der Waals surface area (Å²) >= 11 is 0. The predicted octanol–water partition coefficient (Wildman–Crippen LogP) is 2.55. The molecule has 0 unspecified atom stereocenters. The largest absolute Gasteiger partial charge is 0.357 e. The van der Waals surface area contributed by atoms with E-state index in [9.17, 15) is 4.39 Å². The minimum Gasteiger partial charge on any atom is -0.357 e. The van der Waals surface area contributed by atoms with Crippen LogP contribution in [0.15, 0.2) is 23.2 Å². The van der Waals surface area contributed by atoms with Crippen LogP contribution < -0.4 is 10.6 Å². The monoisotopic (exact) mass is 276 g/mol. The Morgan fingerprint density at radius 1 is 1.35 bits per heavy atom. The number of nitriles is 1. The lowest BCUT2D eigenvalue weighted by Gasteiger charge is -2.10. The fraction of sp³-hybridized carbons (Fsp3) is 0.467. The van der Waals surface area contributed by atoms with Gasteiger partial charge in [0.05, 0.1) is 18.2 Å². The zero-order valence-electron chi connectivity index (χ0n) is 12.0. The van der Waals surface area contributed by atoms with Gasteiger partial charge in [-0.2, -0.15) is 5.26 Å². The highest BCUT2D eigenvalue weighted by molar-refractivity contribution is 5.79. The number of hydrogen-bond acceptors (Lipinski definition) is 2. The molecule has 20 heavy (non-hydrogen) atoms. The van der Waals surface area contributed by atoms with E-state index >= 15 is 0 Å². The summed E-state index contributed by atoms with van der Waals surface area (Å²) < 4.78 is 13.7. The van der Waals surface area contributed by atoms with Crippen molar-refractivity contribution in [2.45, 2.75) is 33.2 Å². The van der Waals surface area contributed by atoms with Crippen molar-refractivity contribution in [3.63, 3.8) is 0 Å². The third-order valence-corrected chi connectivity index (χ3v) is 2.76. The van der Waals surface area contributed by atoms with Crippen LogP contribution in [0.25, 0.3) is 0 Å². The number of nitrogens with one attached hydrogen (secondary N) is 2. The Hall–Kier alpha value is -2.09. The lowest BCUT2D eigenvalue weighted by Crippen LogP contribution is -2.37. The fourth-order valence-electron chi connectivity index (χ4n) is 1.63. The summed E-state index contributed by atoms with van der Waals surface area (Å²) in [6.45, 7) is 5.96. The maximum absolute atomic E-state index is 13.7. The van der Waals surface area contributed by atoms with Crippen molar-refractivity contribution in [2.75, 3.05) is 13.1 Å². The summed E-state index contributed by atoms with van der Waals surface area (Å²) in [5, 5.41) is 15.0. The van der Waals surface area contributed by atoms with Crippen molar-refractivity contribution in [2.24, 2.45) is 4.99 Å². The van der Waals surface area contributed by atoms with E-state index in [0.29, 0.717) is 17.1 Å². The Labute approximate surface area is 119 Å². The highest BCUT2D eigenvalue weighted by atomic mass is 19.1. The van der Waals surface area contributed by atoms with E-state index < -0.39 is 5.82 Å². The summed E-state index contributed by atoms with van der Waals surface area (Å²) in [6.07, 6.45) is 2.17. The summed E-state index contributed by atoms with van der Waals surface area (Å²) in [5.74, 6) is 0.293. The Morgan fingerprint density at radius 3 is 2.75 bits per heavy atom. The summed E-state index contributed by atoms with van der Waals surface area (Å²) in [6, 6.07) is 6.36. The number of nitrogens with zero attached hydrogens (tertiary/aromatic N) is 2. The first-order valence-electron chi connectivity index (χ1n) is 6.92. The molecular formula is C15H21FN4. The van der Waals surface area contributed by atoms with Gasteiger partial charge in [-0.3, -0.25) is 0 Å². The minimum absolute atomic E-state index is 0.249. The van der Waals surface area contributed by atoms with E-state index in [-0.39, 0.29) is 6.54 Å². The number of unbranched alkanes of at least 4 members (excludes halogenated alkanes) is 1. The summed E-state index contributed by atoms with van der Waals surface area (Å²) in [5.41, 5.74) is 0.805. The minimum atomic E-state index is -0.391. The summed E-state index contributed by atoms with van der Waals surface area (Å²) in [7, 11) is 0. The molecule has 0 spiro atoms. The van der Waals surface area contributed by atoms with Gasteiger partial charge >= 0.3 is 0 Å². The van der Waals surface area contributed by atoms with Gasteiger partial charge < -0.3 is 10.6 Å². The van der Waals surface area contributed by atoms with Gasteiger partial charge in [0.15, 0.2) is 5.96 Å². The predicted molar refractivity (Wildman–Crippen MR) is 78.8 cm³/mol. The van der Waals surface area contributed by atoms with Gasteiger partial charge in [0, 0.05) is 18.7 Å². The fourth-order valence-corrected chi connectivity index (χ4v) is 1.63. The molecule has 0 saturated heterocycles. The van der Waals surface area contributed by atoms with Gasteiger partial charge in [0.1, 0.15) is 5.82 Å². The molecular weight excluding hydrogens is 255 g/mol. The van der Waals surface area contributed by atoms with E-state index in [1.165, 1.54) is 6.07 Å². The van der Waals surface area contributed by atoms with Crippen molar-refractivity contribution in [3.8, 4) is 6.07 Å². The second-order valence-corrected chi connectivity index (χ2v) is 4.39. The van der Waals surface area contributed by atoms with Crippen LogP contribution in [0.4, 0.5) is 4.39 Å².